The van der Waals surface area contributed by atoms with Gasteiger partial charge in [0.05, 0.1) is 6.10 Å². The maximum Gasteiger partial charge on any atom is 0.0713 e. The molecule has 52 valence electrons. The molecule has 0 amide bonds. The Bertz CT molecular complexity index is 120. The maximum absolute atomic E-state index is 5.22. The molecule has 0 aromatic carbocycles. The van der Waals surface area contributed by atoms with Crippen molar-refractivity contribution >= 4 is 0 Å². The van der Waals surface area contributed by atoms with Gasteiger partial charge in [-0.2, -0.15) is 0 Å². The van der Waals surface area contributed by atoms with Crippen molar-refractivity contribution < 1.29 is 4.74 Å². The van der Waals surface area contributed by atoms with Crippen LogP contribution in [0.15, 0.2) is 0 Å². The van der Waals surface area contributed by atoms with Crippen molar-refractivity contribution in [2.45, 2.75) is 30.9 Å². The lowest BCUT2D eigenvalue weighted by Gasteiger charge is -2.04. The van der Waals surface area contributed by atoms with Crippen LogP contribution in [-0.2, 0) is 4.74 Å². The molecule has 2 nitrogen and oxygen atoms in total. The van der Waals surface area contributed by atoms with Crippen molar-refractivity contribution in [1.29, 1.82) is 0 Å². The van der Waals surface area contributed by atoms with Crippen molar-refractivity contribution in [1.82, 2.24) is 5.32 Å². The second-order valence-corrected chi connectivity index (χ2v) is 3.22. The first-order valence-electron chi connectivity index (χ1n) is 3.62. The third-order valence-corrected chi connectivity index (χ3v) is 2.51. The molecule has 1 aliphatic carbocycles. The Morgan fingerprint density at radius 1 is 1.56 bits per heavy atom. The van der Waals surface area contributed by atoms with Crippen molar-refractivity contribution in [3.05, 3.63) is 0 Å². The number of rotatable bonds is 1. The third-order valence-electron chi connectivity index (χ3n) is 2.51. The molecule has 0 bridgehead atoms. The Labute approximate surface area is 55.6 Å². The van der Waals surface area contributed by atoms with Gasteiger partial charge in [0, 0.05) is 19.2 Å². The van der Waals surface area contributed by atoms with E-state index in [0.717, 1.165) is 6.54 Å². The van der Waals surface area contributed by atoms with Gasteiger partial charge >= 0.3 is 0 Å². The van der Waals surface area contributed by atoms with Gasteiger partial charge in [-0.15, -0.1) is 0 Å². The Balaban J connectivity index is 1.93. The summed E-state index contributed by atoms with van der Waals surface area (Å²) < 4.78 is 5.22. The standard InChI is InChI=1S/C7H13NO/c1-9-6-4-7(2-3-7)8-5-6/h6,8H,2-5H2,1H3. The summed E-state index contributed by atoms with van der Waals surface area (Å²) in [5, 5.41) is 3.48. The lowest BCUT2D eigenvalue weighted by Crippen LogP contribution is -2.22. The van der Waals surface area contributed by atoms with E-state index in [-0.39, 0.29) is 0 Å². The van der Waals surface area contributed by atoms with E-state index in [0.29, 0.717) is 11.6 Å². The monoisotopic (exact) mass is 127 g/mol. The van der Waals surface area contributed by atoms with E-state index in [1.54, 1.807) is 7.11 Å². The average Bonchev–Trinajstić information content (AvgIpc) is 2.44. The molecule has 1 aliphatic heterocycles. The van der Waals surface area contributed by atoms with Gasteiger partial charge in [0.2, 0.25) is 0 Å². The fourth-order valence-corrected chi connectivity index (χ4v) is 1.61. The van der Waals surface area contributed by atoms with Gasteiger partial charge in [-0.25, -0.2) is 0 Å². The molecule has 0 radical (unpaired) electrons. The van der Waals surface area contributed by atoms with E-state index < -0.39 is 0 Å². The first-order chi connectivity index (χ1) is 4.35. The first kappa shape index (κ1) is 5.69. The summed E-state index contributed by atoms with van der Waals surface area (Å²) in [6.45, 7) is 1.07. The SMILES string of the molecule is COC1CNC2(CC2)C1. The summed E-state index contributed by atoms with van der Waals surface area (Å²) in [5.74, 6) is 0. The zero-order chi connectivity index (χ0) is 6.32. The Kier molecular flexibility index (Phi) is 1.08. The molecule has 2 fully saturated rings. The molecule has 2 rings (SSSR count). The van der Waals surface area contributed by atoms with Crippen LogP contribution in [-0.4, -0.2) is 25.3 Å². The quantitative estimate of drug-likeness (QED) is 0.554. The fourth-order valence-electron chi connectivity index (χ4n) is 1.61. The summed E-state index contributed by atoms with van der Waals surface area (Å²) in [5.41, 5.74) is 0.542. The first-order valence-corrected chi connectivity index (χ1v) is 3.62. The number of ether oxygens (including phenoxy) is 1. The van der Waals surface area contributed by atoms with E-state index in [1.165, 1.54) is 19.3 Å². The van der Waals surface area contributed by atoms with Crippen LogP contribution in [0, 0.1) is 0 Å². The molecule has 1 spiro atoms. The second-order valence-electron chi connectivity index (χ2n) is 3.22. The Hall–Kier alpha value is -0.0800. The molecular weight excluding hydrogens is 114 g/mol. The van der Waals surface area contributed by atoms with Crippen molar-refractivity contribution in [2.24, 2.45) is 0 Å². The van der Waals surface area contributed by atoms with Crippen LogP contribution in [0.5, 0.6) is 0 Å². The highest BCUT2D eigenvalue weighted by atomic mass is 16.5. The van der Waals surface area contributed by atoms with Crippen molar-refractivity contribution in [3.63, 3.8) is 0 Å². The zero-order valence-electron chi connectivity index (χ0n) is 5.81. The smallest absolute Gasteiger partial charge is 0.0713 e. The number of methoxy groups -OCH3 is 1. The number of hydrogen-bond donors (Lipinski definition) is 1. The van der Waals surface area contributed by atoms with Gasteiger partial charge in [0.25, 0.3) is 0 Å². The van der Waals surface area contributed by atoms with E-state index in [2.05, 4.69) is 5.32 Å². The molecule has 0 aromatic heterocycles. The van der Waals surface area contributed by atoms with Crippen LogP contribution < -0.4 is 5.32 Å². The van der Waals surface area contributed by atoms with Crippen LogP contribution in [0.3, 0.4) is 0 Å². The van der Waals surface area contributed by atoms with Gasteiger partial charge in [0.15, 0.2) is 0 Å². The number of hydrogen-bond acceptors (Lipinski definition) is 2. The Morgan fingerprint density at radius 3 is 2.67 bits per heavy atom. The minimum Gasteiger partial charge on any atom is -0.380 e. The van der Waals surface area contributed by atoms with Gasteiger partial charge in [-0.05, 0) is 19.3 Å². The molecule has 0 aromatic rings. The molecule has 1 N–H and O–H groups in total. The molecule has 1 atom stereocenters. The van der Waals surface area contributed by atoms with E-state index in [4.69, 9.17) is 4.74 Å². The highest BCUT2D eigenvalue weighted by molar-refractivity contribution is 5.08. The van der Waals surface area contributed by atoms with Gasteiger partial charge < -0.3 is 10.1 Å². The minimum atomic E-state index is 0.493. The molecule has 2 heteroatoms. The summed E-state index contributed by atoms with van der Waals surface area (Å²) in [7, 11) is 1.80. The van der Waals surface area contributed by atoms with Crippen molar-refractivity contribution in [3.8, 4) is 0 Å². The summed E-state index contributed by atoms with van der Waals surface area (Å²) >= 11 is 0. The molecule has 1 heterocycles. The van der Waals surface area contributed by atoms with E-state index in [9.17, 15) is 0 Å². The van der Waals surface area contributed by atoms with E-state index in [1.807, 2.05) is 0 Å². The van der Waals surface area contributed by atoms with Crippen molar-refractivity contribution in [2.75, 3.05) is 13.7 Å². The molecule has 1 saturated heterocycles. The normalized spacial score (nSPS) is 37.7. The maximum atomic E-state index is 5.22. The lowest BCUT2D eigenvalue weighted by molar-refractivity contribution is 0.116. The fraction of sp³-hybridized carbons (Fsp3) is 1.00. The second kappa shape index (κ2) is 1.70. The van der Waals surface area contributed by atoms with Crippen LogP contribution in [0.2, 0.25) is 0 Å². The summed E-state index contributed by atoms with van der Waals surface area (Å²) in [6.07, 6.45) is 4.47. The molecule has 9 heavy (non-hydrogen) atoms. The molecule has 1 unspecified atom stereocenters. The molecular formula is C7H13NO. The third kappa shape index (κ3) is 0.864. The van der Waals surface area contributed by atoms with Gasteiger partial charge in [-0.3, -0.25) is 0 Å². The molecule has 1 saturated carbocycles. The van der Waals surface area contributed by atoms with Crippen LogP contribution in [0.4, 0.5) is 0 Å². The minimum absolute atomic E-state index is 0.493. The Morgan fingerprint density at radius 2 is 2.33 bits per heavy atom. The predicted molar refractivity (Wildman–Crippen MR) is 35.4 cm³/mol. The van der Waals surface area contributed by atoms with Crippen LogP contribution >= 0.6 is 0 Å². The lowest BCUT2D eigenvalue weighted by atomic mass is 10.2. The van der Waals surface area contributed by atoms with Crippen LogP contribution in [0.1, 0.15) is 19.3 Å². The topological polar surface area (TPSA) is 21.3 Å². The largest absolute Gasteiger partial charge is 0.380 e. The van der Waals surface area contributed by atoms with Crippen LogP contribution in [0.25, 0.3) is 0 Å². The molecule has 2 aliphatic rings. The van der Waals surface area contributed by atoms with Gasteiger partial charge in [0.1, 0.15) is 0 Å². The number of nitrogens with one attached hydrogen (secondary N) is 1. The predicted octanol–water partition coefficient (Wildman–Crippen LogP) is 0.527. The highest BCUT2D eigenvalue weighted by Gasteiger charge is 2.48. The average molecular weight is 127 g/mol. The highest BCUT2D eigenvalue weighted by Crippen LogP contribution is 2.43. The van der Waals surface area contributed by atoms with Gasteiger partial charge in [-0.1, -0.05) is 0 Å². The van der Waals surface area contributed by atoms with E-state index >= 15 is 0 Å². The summed E-state index contributed by atoms with van der Waals surface area (Å²) in [4.78, 5) is 0. The summed E-state index contributed by atoms with van der Waals surface area (Å²) in [6, 6.07) is 0. The zero-order valence-corrected chi connectivity index (χ0v) is 5.81.